The molecule has 0 saturated carbocycles. The average molecular weight is 340 g/mol. The zero-order valence-electron chi connectivity index (χ0n) is 12.7. The van der Waals surface area contributed by atoms with E-state index in [-0.39, 0.29) is 0 Å². The summed E-state index contributed by atoms with van der Waals surface area (Å²) >= 11 is 3.57. The normalized spacial score (nSPS) is 11.8. The van der Waals surface area contributed by atoms with Crippen molar-refractivity contribution < 1.29 is 9.15 Å². The Bertz CT molecular complexity index is 602. The van der Waals surface area contributed by atoms with Crippen molar-refractivity contribution in [3.63, 3.8) is 0 Å². The molecule has 0 fully saturated rings. The van der Waals surface area contributed by atoms with E-state index in [9.17, 15) is 0 Å². The van der Waals surface area contributed by atoms with Crippen LogP contribution in [0.15, 0.2) is 21.0 Å². The minimum atomic E-state index is 0.402. The highest BCUT2D eigenvalue weighted by Crippen LogP contribution is 2.38. The van der Waals surface area contributed by atoms with E-state index in [4.69, 9.17) is 9.15 Å². The van der Waals surface area contributed by atoms with E-state index in [1.165, 1.54) is 5.56 Å². The highest BCUT2D eigenvalue weighted by atomic mass is 79.9. The van der Waals surface area contributed by atoms with Crippen LogP contribution in [0, 0.1) is 0 Å². The van der Waals surface area contributed by atoms with Gasteiger partial charge in [0.2, 0.25) is 0 Å². The van der Waals surface area contributed by atoms with E-state index in [2.05, 4.69) is 55.0 Å². The van der Waals surface area contributed by atoms with Crippen LogP contribution in [0.3, 0.4) is 0 Å². The van der Waals surface area contributed by atoms with Gasteiger partial charge in [-0.3, -0.25) is 0 Å². The molecule has 1 aromatic heterocycles. The molecule has 4 heteroatoms. The summed E-state index contributed by atoms with van der Waals surface area (Å²) < 4.78 is 12.4. The predicted molar refractivity (Wildman–Crippen MR) is 86.5 cm³/mol. The molecule has 0 radical (unpaired) electrons. The Morgan fingerprint density at radius 1 is 1.25 bits per heavy atom. The van der Waals surface area contributed by atoms with Crippen LogP contribution in [0.2, 0.25) is 0 Å². The highest BCUT2D eigenvalue weighted by molar-refractivity contribution is 9.10. The highest BCUT2D eigenvalue weighted by Gasteiger charge is 2.19. The van der Waals surface area contributed by atoms with Gasteiger partial charge in [-0.25, -0.2) is 0 Å². The standard InChI is InChI=1S/C16H22BrNO2/c1-9(2)15-12-6-11(19-5)7-13(17)16(12)20-14(15)8-18-10(3)4/h6-7,9-10,18H,8H2,1-5H3. The van der Waals surface area contributed by atoms with E-state index in [1.54, 1.807) is 7.11 Å². The molecule has 1 aromatic carbocycles. The summed E-state index contributed by atoms with van der Waals surface area (Å²) in [5, 5.41) is 4.56. The molecule has 1 heterocycles. The number of nitrogens with one attached hydrogen (secondary N) is 1. The van der Waals surface area contributed by atoms with E-state index in [0.29, 0.717) is 12.0 Å². The topological polar surface area (TPSA) is 34.4 Å². The van der Waals surface area contributed by atoms with Crippen molar-refractivity contribution in [1.29, 1.82) is 0 Å². The van der Waals surface area contributed by atoms with Gasteiger partial charge in [-0.2, -0.15) is 0 Å². The fourth-order valence-electron chi connectivity index (χ4n) is 2.38. The summed E-state index contributed by atoms with van der Waals surface area (Å²) in [6, 6.07) is 4.43. The van der Waals surface area contributed by atoms with Gasteiger partial charge in [0.25, 0.3) is 0 Å². The fraction of sp³-hybridized carbons (Fsp3) is 0.500. The second-order valence-corrected chi connectivity index (χ2v) is 6.47. The van der Waals surface area contributed by atoms with Crippen molar-refractivity contribution in [1.82, 2.24) is 5.32 Å². The van der Waals surface area contributed by atoms with Crippen molar-refractivity contribution in [3.05, 3.63) is 27.9 Å². The second-order valence-electron chi connectivity index (χ2n) is 5.62. The molecule has 0 atom stereocenters. The summed E-state index contributed by atoms with van der Waals surface area (Å²) in [7, 11) is 1.68. The van der Waals surface area contributed by atoms with Gasteiger partial charge >= 0.3 is 0 Å². The lowest BCUT2D eigenvalue weighted by Gasteiger charge is -2.10. The number of furan rings is 1. The molecule has 1 N–H and O–H groups in total. The summed E-state index contributed by atoms with van der Waals surface area (Å²) in [5.41, 5.74) is 2.16. The van der Waals surface area contributed by atoms with Gasteiger partial charge in [-0.15, -0.1) is 0 Å². The van der Waals surface area contributed by atoms with Crippen molar-refractivity contribution in [3.8, 4) is 5.75 Å². The molecule has 0 aliphatic heterocycles. The van der Waals surface area contributed by atoms with Gasteiger partial charge in [-0.1, -0.05) is 27.7 Å². The minimum Gasteiger partial charge on any atom is -0.497 e. The molecule has 0 saturated heterocycles. The first-order valence-corrected chi connectivity index (χ1v) is 7.75. The molecule has 2 rings (SSSR count). The maximum absolute atomic E-state index is 6.08. The number of methoxy groups -OCH3 is 1. The van der Waals surface area contributed by atoms with Gasteiger partial charge in [-0.05, 0) is 34.0 Å². The first kappa shape index (κ1) is 15.4. The van der Waals surface area contributed by atoms with Crippen molar-refractivity contribution >= 4 is 26.9 Å². The number of hydrogen-bond acceptors (Lipinski definition) is 3. The number of fused-ring (bicyclic) bond motifs is 1. The first-order chi connectivity index (χ1) is 9.43. The van der Waals surface area contributed by atoms with Crippen LogP contribution in [-0.4, -0.2) is 13.2 Å². The van der Waals surface area contributed by atoms with Crippen LogP contribution in [-0.2, 0) is 6.54 Å². The van der Waals surface area contributed by atoms with E-state index >= 15 is 0 Å². The van der Waals surface area contributed by atoms with Crippen LogP contribution in [0.1, 0.15) is 44.9 Å². The van der Waals surface area contributed by atoms with Crippen molar-refractivity contribution in [2.24, 2.45) is 0 Å². The second kappa shape index (κ2) is 6.19. The average Bonchev–Trinajstić information content (AvgIpc) is 2.75. The van der Waals surface area contributed by atoms with Gasteiger partial charge in [0.05, 0.1) is 18.1 Å². The summed E-state index contributed by atoms with van der Waals surface area (Å²) in [4.78, 5) is 0. The Morgan fingerprint density at radius 2 is 1.95 bits per heavy atom. The number of benzene rings is 1. The van der Waals surface area contributed by atoms with Crippen LogP contribution in [0.4, 0.5) is 0 Å². The SMILES string of the molecule is COc1cc(Br)c2oc(CNC(C)C)c(C(C)C)c2c1. The van der Waals surface area contributed by atoms with Crippen molar-refractivity contribution in [2.75, 3.05) is 7.11 Å². The summed E-state index contributed by atoms with van der Waals surface area (Å²) in [6.07, 6.45) is 0. The number of ether oxygens (including phenoxy) is 1. The van der Waals surface area contributed by atoms with Gasteiger partial charge in [0.1, 0.15) is 17.1 Å². The Balaban J connectivity index is 2.57. The van der Waals surface area contributed by atoms with Gasteiger partial charge in [0, 0.05) is 17.0 Å². The monoisotopic (exact) mass is 339 g/mol. The maximum atomic E-state index is 6.08. The number of rotatable bonds is 5. The quantitative estimate of drug-likeness (QED) is 0.847. The molecule has 0 spiro atoms. The lowest BCUT2D eigenvalue weighted by atomic mass is 9.99. The molecule has 0 bridgehead atoms. The lowest BCUT2D eigenvalue weighted by molar-refractivity contribution is 0.415. The molecule has 0 aliphatic carbocycles. The molecule has 2 aromatic rings. The molecular formula is C16H22BrNO2. The zero-order chi connectivity index (χ0) is 14.9. The summed E-state index contributed by atoms with van der Waals surface area (Å²) in [6.45, 7) is 9.40. The number of hydrogen-bond donors (Lipinski definition) is 1. The zero-order valence-corrected chi connectivity index (χ0v) is 14.3. The molecule has 0 unspecified atom stereocenters. The summed E-state index contributed by atoms with van der Waals surface area (Å²) in [5.74, 6) is 2.26. The molecule has 110 valence electrons. The Morgan fingerprint density at radius 3 is 2.50 bits per heavy atom. The van der Waals surface area contributed by atoms with Crippen LogP contribution >= 0.6 is 15.9 Å². The van der Waals surface area contributed by atoms with Gasteiger partial charge < -0.3 is 14.5 Å². The fourth-order valence-corrected chi connectivity index (χ4v) is 2.90. The maximum Gasteiger partial charge on any atom is 0.149 e. The van der Waals surface area contributed by atoms with E-state index in [1.807, 2.05) is 6.07 Å². The van der Waals surface area contributed by atoms with Gasteiger partial charge in [0.15, 0.2) is 0 Å². The Kier molecular flexibility index (Phi) is 4.76. The lowest BCUT2D eigenvalue weighted by Crippen LogP contribution is -2.22. The minimum absolute atomic E-state index is 0.402. The molecule has 3 nitrogen and oxygen atoms in total. The largest absolute Gasteiger partial charge is 0.497 e. The van der Waals surface area contributed by atoms with Crippen LogP contribution < -0.4 is 10.1 Å². The third-order valence-corrected chi connectivity index (χ3v) is 3.91. The number of halogens is 1. The molecule has 0 aliphatic rings. The third kappa shape index (κ3) is 3.01. The Hall–Kier alpha value is -1.00. The predicted octanol–water partition coefficient (Wildman–Crippen LogP) is 4.83. The Labute approximate surface area is 128 Å². The van der Waals surface area contributed by atoms with Crippen LogP contribution in [0.5, 0.6) is 5.75 Å². The third-order valence-electron chi connectivity index (χ3n) is 3.32. The van der Waals surface area contributed by atoms with Crippen molar-refractivity contribution in [2.45, 2.75) is 46.2 Å². The van der Waals surface area contributed by atoms with E-state index < -0.39 is 0 Å². The first-order valence-electron chi connectivity index (χ1n) is 6.96. The molecular weight excluding hydrogens is 318 g/mol. The molecule has 20 heavy (non-hydrogen) atoms. The van der Waals surface area contributed by atoms with E-state index in [0.717, 1.165) is 33.5 Å². The smallest absolute Gasteiger partial charge is 0.149 e. The molecule has 0 amide bonds. The van der Waals surface area contributed by atoms with Crippen LogP contribution in [0.25, 0.3) is 11.0 Å².